The Kier molecular flexibility index (Phi) is 4.28. The van der Waals surface area contributed by atoms with Crippen molar-refractivity contribution >= 4 is 21.6 Å². The van der Waals surface area contributed by atoms with Gasteiger partial charge in [-0.15, -0.1) is 0 Å². The van der Waals surface area contributed by atoms with Crippen molar-refractivity contribution in [1.82, 2.24) is 15.1 Å². The number of nitro benzene ring substituents is 1. The lowest BCUT2D eigenvalue weighted by Crippen LogP contribution is -2.14. The molecule has 7 heteroatoms. The van der Waals surface area contributed by atoms with Crippen LogP contribution in [0, 0.1) is 10.1 Å². The number of aromatic nitrogens is 2. The van der Waals surface area contributed by atoms with Crippen molar-refractivity contribution in [3.05, 3.63) is 56.3 Å². The first-order valence-corrected chi connectivity index (χ1v) is 6.47. The first-order chi connectivity index (χ1) is 9.06. The van der Waals surface area contributed by atoms with Gasteiger partial charge < -0.3 is 5.32 Å². The summed E-state index contributed by atoms with van der Waals surface area (Å²) in [5, 5.41) is 18.3. The molecule has 0 saturated carbocycles. The molecule has 0 spiro atoms. The molecule has 1 aromatic heterocycles. The van der Waals surface area contributed by atoms with E-state index >= 15 is 0 Å². The highest BCUT2D eigenvalue weighted by atomic mass is 79.9. The lowest BCUT2D eigenvalue weighted by molar-refractivity contribution is -0.385. The van der Waals surface area contributed by atoms with Crippen molar-refractivity contribution in [2.75, 3.05) is 0 Å². The molecule has 0 fully saturated rings. The fraction of sp³-hybridized carbons (Fsp3) is 0.250. The fourth-order valence-corrected chi connectivity index (χ4v) is 2.16. The Labute approximate surface area is 118 Å². The minimum absolute atomic E-state index is 0.122. The number of aryl methyl sites for hydroxylation is 1. The Morgan fingerprint density at radius 1 is 1.42 bits per heavy atom. The molecule has 0 aliphatic rings. The summed E-state index contributed by atoms with van der Waals surface area (Å²) in [6.07, 6.45) is 1.86. The molecule has 0 aliphatic heterocycles. The molecule has 2 aromatic rings. The smallest absolute Gasteiger partial charge is 0.273 e. The van der Waals surface area contributed by atoms with E-state index in [0.717, 1.165) is 10.2 Å². The van der Waals surface area contributed by atoms with E-state index in [4.69, 9.17) is 0 Å². The predicted molar refractivity (Wildman–Crippen MR) is 74.5 cm³/mol. The number of nitrogens with one attached hydrogen (secondary N) is 1. The summed E-state index contributed by atoms with van der Waals surface area (Å²) in [6.45, 7) is 0.997. The summed E-state index contributed by atoms with van der Waals surface area (Å²) >= 11 is 3.32. The molecule has 19 heavy (non-hydrogen) atoms. The number of benzene rings is 1. The maximum atomic E-state index is 10.9. The van der Waals surface area contributed by atoms with Crippen molar-refractivity contribution < 1.29 is 4.92 Å². The van der Waals surface area contributed by atoms with Gasteiger partial charge in [0, 0.05) is 42.4 Å². The van der Waals surface area contributed by atoms with E-state index in [1.165, 1.54) is 6.07 Å². The lowest BCUT2D eigenvalue weighted by Gasteiger charge is -2.05. The maximum Gasteiger partial charge on any atom is 0.273 e. The SMILES string of the molecule is Cn1ccc(CNCc2cc(Br)ccc2[N+](=O)[O-])n1. The molecule has 0 amide bonds. The molecule has 0 radical (unpaired) electrons. The Morgan fingerprint density at radius 2 is 2.21 bits per heavy atom. The number of nitrogens with zero attached hydrogens (tertiary/aromatic N) is 3. The average molecular weight is 325 g/mol. The molecule has 1 heterocycles. The van der Waals surface area contributed by atoms with Crippen molar-refractivity contribution in [2.45, 2.75) is 13.1 Å². The largest absolute Gasteiger partial charge is 0.307 e. The first-order valence-electron chi connectivity index (χ1n) is 5.68. The van der Waals surface area contributed by atoms with E-state index in [1.54, 1.807) is 16.8 Å². The van der Waals surface area contributed by atoms with Crippen LogP contribution in [0.4, 0.5) is 5.69 Å². The van der Waals surface area contributed by atoms with Crippen LogP contribution in [0.2, 0.25) is 0 Å². The van der Waals surface area contributed by atoms with Crippen LogP contribution in [-0.2, 0) is 20.1 Å². The van der Waals surface area contributed by atoms with Gasteiger partial charge in [-0.05, 0) is 18.2 Å². The van der Waals surface area contributed by atoms with Crippen LogP contribution in [0.1, 0.15) is 11.3 Å². The average Bonchev–Trinajstić information content (AvgIpc) is 2.75. The Balaban J connectivity index is 2.02. The molecule has 1 aromatic carbocycles. The van der Waals surface area contributed by atoms with Gasteiger partial charge in [-0.2, -0.15) is 5.10 Å². The molecule has 0 aliphatic carbocycles. The minimum atomic E-state index is -0.371. The molecule has 0 atom stereocenters. The van der Waals surface area contributed by atoms with Gasteiger partial charge in [-0.1, -0.05) is 15.9 Å². The summed E-state index contributed by atoms with van der Waals surface area (Å²) in [4.78, 5) is 10.5. The third-order valence-electron chi connectivity index (χ3n) is 2.63. The van der Waals surface area contributed by atoms with Crippen LogP contribution < -0.4 is 5.32 Å². The van der Waals surface area contributed by atoms with E-state index < -0.39 is 0 Å². The van der Waals surface area contributed by atoms with Gasteiger partial charge in [0.1, 0.15) is 0 Å². The quantitative estimate of drug-likeness (QED) is 0.677. The highest BCUT2D eigenvalue weighted by Crippen LogP contribution is 2.22. The molecule has 2 rings (SSSR count). The molecule has 0 bridgehead atoms. The van der Waals surface area contributed by atoms with Gasteiger partial charge in [-0.25, -0.2) is 0 Å². The predicted octanol–water partition coefficient (Wildman–Crippen LogP) is 2.38. The lowest BCUT2D eigenvalue weighted by atomic mass is 10.2. The summed E-state index contributed by atoms with van der Waals surface area (Å²) in [7, 11) is 1.85. The molecular weight excluding hydrogens is 312 g/mol. The normalized spacial score (nSPS) is 10.6. The van der Waals surface area contributed by atoms with Gasteiger partial charge in [-0.3, -0.25) is 14.8 Å². The zero-order chi connectivity index (χ0) is 13.8. The van der Waals surface area contributed by atoms with Crippen molar-refractivity contribution in [1.29, 1.82) is 0 Å². The number of halogens is 1. The van der Waals surface area contributed by atoms with Crippen LogP contribution in [-0.4, -0.2) is 14.7 Å². The number of hydrogen-bond acceptors (Lipinski definition) is 4. The molecular formula is C12H13BrN4O2. The standard InChI is InChI=1S/C12H13BrN4O2/c1-16-5-4-11(15-16)8-14-7-9-6-10(13)2-3-12(9)17(18)19/h2-6,14H,7-8H2,1H3. The van der Waals surface area contributed by atoms with Gasteiger partial charge in [0.15, 0.2) is 0 Å². The third-order valence-corrected chi connectivity index (χ3v) is 3.12. The van der Waals surface area contributed by atoms with E-state index in [2.05, 4.69) is 26.3 Å². The number of rotatable bonds is 5. The van der Waals surface area contributed by atoms with Gasteiger partial charge in [0.25, 0.3) is 5.69 Å². The highest BCUT2D eigenvalue weighted by molar-refractivity contribution is 9.10. The van der Waals surface area contributed by atoms with Crippen molar-refractivity contribution in [3.63, 3.8) is 0 Å². The van der Waals surface area contributed by atoms with Crippen molar-refractivity contribution in [3.8, 4) is 0 Å². The summed E-state index contributed by atoms with van der Waals surface area (Å²) in [6, 6.07) is 6.83. The van der Waals surface area contributed by atoms with E-state index in [1.807, 2.05) is 19.3 Å². The van der Waals surface area contributed by atoms with Crippen LogP contribution in [0.15, 0.2) is 34.9 Å². The fourth-order valence-electron chi connectivity index (χ4n) is 1.76. The third kappa shape index (κ3) is 3.62. The van der Waals surface area contributed by atoms with Crippen LogP contribution in [0.25, 0.3) is 0 Å². The van der Waals surface area contributed by atoms with E-state index in [9.17, 15) is 10.1 Å². The van der Waals surface area contributed by atoms with Crippen molar-refractivity contribution in [2.24, 2.45) is 7.05 Å². The Bertz CT molecular complexity index is 597. The number of hydrogen-bond donors (Lipinski definition) is 1. The summed E-state index contributed by atoms with van der Waals surface area (Å²) in [5.74, 6) is 0. The molecule has 0 unspecified atom stereocenters. The van der Waals surface area contributed by atoms with Gasteiger partial charge in [0.05, 0.1) is 10.6 Å². The van der Waals surface area contributed by atoms with E-state index in [-0.39, 0.29) is 10.6 Å². The van der Waals surface area contributed by atoms with Gasteiger partial charge >= 0.3 is 0 Å². The second kappa shape index (κ2) is 5.94. The second-order valence-corrected chi connectivity index (χ2v) is 5.03. The highest BCUT2D eigenvalue weighted by Gasteiger charge is 2.13. The second-order valence-electron chi connectivity index (χ2n) is 4.11. The Morgan fingerprint density at radius 3 is 2.84 bits per heavy atom. The summed E-state index contributed by atoms with van der Waals surface area (Å²) < 4.78 is 2.55. The molecule has 0 saturated heterocycles. The number of nitro groups is 1. The maximum absolute atomic E-state index is 10.9. The Hall–Kier alpha value is -1.73. The van der Waals surface area contributed by atoms with Crippen LogP contribution >= 0.6 is 15.9 Å². The topological polar surface area (TPSA) is 73.0 Å². The molecule has 1 N–H and O–H groups in total. The van der Waals surface area contributed by atoms with E-state index in [0.29, 0.717) is 18.7 Å². The van der Waals surface area contributed by atoms with Gasteiger partial charge in [0.2, 0.25) is 0 Å². The van der Waals surface area contributed by atoms with Crippen LogP contribution in [0.5, 0.6) is 0 Å². The van der Waals surface area contributed by atoms with Crippen LogP contribution in [0.3, 0.4) is 0 Å². The summed E-state index contributed by atoms with van der Waals surface area (Å²) in [5.41, 5.74) is 1.67. The first kappa shape index (κ1) is 13.7. The molecule has 100 valence electrons. The zero-order valence-corrected chi connectivity index (χ0v) is 11.9. The monoisotopic (exact) mass is 324 g/mol. The minimum Gasteiger partial charge on any atom is -0.307 e. The zero-order valence-electron chi connectivity index (χ0n) is 10.3. The molecule has 6 nitrogen and oxygen atoms in total.